The highest BCUT2D eigenvalue weighted by Gasteiger charge is 1.99. The number of hydrogen-bond donors (Lipinski definition) is 0. The molecule has 0 aliphatic rings. The molecule has 0 bridgehead atoms. The van der Waals surface area contributed by atoms with Gasteiger partial charge < -0.3 is 0 Å². The van der Waals surface area contributed by atoms with Gasteiger partial charge in [-0.1, -0.05) is 46.3 Å². The Morgan fingerprint density at radius 2 is 2.10 bits per heavy atom. The second-order valence-corrected chi connectivity index (χ2v) is 2.19. The van der Waals surface area contributed by atoms with E-state index in [0.717, 1.165) is 0 Å². The number of Topliss-reactive ketones (excluding diaryl/α,β-unsaturated/α-hetero) is 1. The molecule has 1 aromatic rings. The van der Waals surface area contributed by atoms with Gasteiger partial charge in [-0.3, -0.25) is 4.79 Å². The maximum atomic E-state index is 11.2. The maximum Gasteiger partial charge on any atom is 0.173 e. The Labute approximate surface area is 71.0 Å². The number of rotatable bonds is 2. The van der Waals surface area contributed by atoms with Crippen LogP contribution in [0, 0.1) is 0 Å². The SMILES string of the molecule is [2H]C([2H])(Br)C(=O)c1ccccc1. The Kier molecular flexibility index (Phi) is 1.79. The molecule has 0 aromatic heterocycles. The van der Waals surface area contributed by atoms with Crippen LogP contribution in [-0.4, -0.2) is 11.1 Å². The summed E-state index contributed by atoms with van der Waals surface area (Å²) in [5.74, 6) is -0.553. The van der Waals surface area contributed by atoms with Gasteiger partial charge in [0.05, 0.1) is 5.28 Å². The van der Waals surface area contributed by atoms with E-state index in [4.69, 9.17) is 2.74 Å². The van der Waals surface area contributed by atoms with Crippen molar-refractivity contribution in [3.8, 4) is 0 Å². The van der Waals surface area contributed by atoms with E-state index in [-0.39, 0.29) is 0 Å². The summed E-state index contributed by atoms with van der Waals surface area (Å²) >= 11 is 2.66. The molecule has 10 heavy (non-hydrogen) atoms. The predicted molar refractivity (Wildman–Crippen MR) is 44.6 cm³/mol. The molecule has 0 amide bonds. The van der Waals surface area contributed by atoms with Gasteiger partial charge in [-0.05, 0) is 0 Å². The normalized spacial score (nSPS) is 13.7. The summed E-state index contributed by atoms with van der Waals surface area (Å²) in [4.78, 5) is 11.2. The highest BCUT2D eigenvalue weighted by atomic mass is 79.9. The van der Waals surface area contributed by atoms with Crippen LogP contribution in [0.5, 0.6) is 0 Å². The quantitative estimate of drug-likeness (QED) is 0.529. The zero-order valence-corrected chi connectivity index (χ0v) is 6.76. The molecule has 1 rings (SSSR count). The number of carbonyl (C=O) groups excluding carboxylic acids is 1. The molecule has 0 radical (unpaired) electrons. The summed E-state index contributed by atoms with van der Waals surface area (Å²) in [6, 6.07) is 8.35. The smallest absolute Gasteiger partial charge is 0.173 e. The number of benzene rings is 1. The van der Waals surface area contributed by atoms with Crippen LogP contribution in [0.2, 0.25) is 0 Å². The largest absolute Gasteiger partial charge is 0.293 e. The molecule has 0 aliphatic heterocycles. The minimum Gasteiger partial charge on any atom is -0.293 e. The first-order chi connectivity index (χ1) is 5.52. The van der Waals surface area contributed by atoms with Crippen LogP contribution in [0.25, 0.3) is 0 Å². The fourth-order valence-electron chi connectivity index (χ4n) is 0.644. The van der Waals surface area contributed by atoms with Crippen LogP contribution in [0.15, 0.2) is 30.3 Å². The van der Waals surface area contributed by atoms with Gasteiger partial charge in [0.15, 0.2) is 5.78 Å². The number of hydrogen-bond acceptors (Lipinski definition) is 1. The van der Waals surface area contributed by atoms with E-state index in [1.165, 1.54) is 0 Å². The highest BCUT2D eigenvalue weighted by molar-refractivity contribution is 9.09. The van der Waals surface area contributed by atoms with E-state index in [1.54, 1.807) is 30.3 Å². The third-order valence-corrected chi connectivity index (χ3v) is 1.48. The lowest BCUT2D eigenvalue weighted by molar-refractivity contribution is 0.102. The second-order valence-electron chi connectivity index (χ2n) is 1.79. The Morgan fingerprint density at radius 3 is 2.60 bits per heavy atom. The number of halogens is 1. The van der Waals surface area contributed by atoms with Crippen LogP contribution < -0.4 is 0 Å². The Hall–Kier alpha value is -0.630. The summed E-state index contributed by atoms with van der Waals surface area (Å²) in [5.41, 5.74) is 0.374. The fourth-order valence-corrected chi connectivity index (χ4v) is 0.873. The molecule has 0 fully saturated rings. The van der Waals surface area contributed by atoms with Gasteiger partial charge in [0, 0.05) is 8.30 Å². The predicted octanol–water partition coefficient (Wildman–Crippen LogP) is 2.26. The molecule has 1 nitrogen and oxygen atoms in total. The van der Waals surface area contributed by atoms with Crippen LogP contribution in [0.1, 0.15) is 13.1 Å². The van der Waals surface area contributed by atoms with Crippen molar-refractivity contribution in [2.24, 2.45) is 0 Å². The molecule has 0 N–H and O–H groups in total. The van der Waals surface area contributed by atoms with Gasteiger partial charge in [-0.15, -0.1) is 0 Å². The summed E-state index contributed by atoms with van der Waals surface area (Å²) in [6.07, 6.45) is 0. The molecule has 52 valence electrons. The molecule has 0 atom stereocenters. The molecule has 0 heterocycles. The van der Waals surface area contributed by atoms with Gasteiger partial charge in [0.1, 0.15) is 0 Å². The standard InChI is InChI=1S/C8H7BrO/c9-6-8(10)7-4-2-1-3-5-7/h1-5H,6H2/i6D2. The minimum absolute atomic E-state index is 0.374. The molecule has 1 aromatic carbocycles. The lowest BCUT2D eigenvalue weighted by Crippen LogP contribution is -1.98. The number of alkyl halides is 1. The first-order valence-electron chi connectivity index (χ1n) is 3.80. The zero-order chi connectivity index (χ0) is 9.19. The lowest BCUT2D eigenvalue weighted by atomic mass is 10.2. The van der Waals surface area contributed by atoms with E-state index in [9.17, 15) is 4.79 Å². The van der Waals surface area contributed by atoms with Gasteiger partial charge in [0.25, 0.3) is 0 Å². The van der Waals surface area contributed by atoms with Crippen molar-refractivity contribution in [3.05, 3.63) is 35.9 Å². The Balaban J connectivity index is 2.94. The third kappa shape index (κ3) is 1.67. The van der Waals surface area contributed by atoms with Crippen molar-refractivity contribution in [3.63, 3.8) is 0 Å². The van der Waals surface area contributed by atoms with E-state index >= 15 is 0 Å². The van der Waals surface area contributed by atoms with Crippen molar-refractivity contribution in [1.82, 2.24) is 0 Å². The van der Waals surface area contributed by atoms with Gasteiger partial charge in [0.2, 0.25) is 0 Å². The third-order valence-electron chi connectivity index (χ3n) is 1.12. The molecule has 0 saturated carbocycles. The summed E-state index contributed by atoms with van der Waals surface area (Å²) < 4.78 is 14.2. The molecule has 0 spiro atoms. The highest BCUT2D eigenvalue weighted by Crippen LogP contribution is 2.01. The van der Waals surface area contributed by atoms with Gasteiger partial charge in [-0.2, -0.15) is 0 Å². The van der Waals surface area contributed by atoms with Crippen LogP contribution in [-0.2, 0) is 0 Å². The Bertz CT molecular complexity index is 279. The zero-order valence-electron chi connectivity index (χ0n) is 7.17. The van der Waals surface area contributed by atoms with Gasteiger partial charge >= 0.3 is 0 Å². The lowest BCUT2D eigenvalue weighted by Gasteiger charge is -1.92. The second kappa shape index (κ2) is 3.52. The summed E-state index contributed by atoms with van der Waals surface area (Å²) in [5, 5.41) is -1.96. The number of ketones is 1. The van der Waals surface area contributed by atoms with Crippen LogP contribution in [0.4, 0.5) is 0 Å². The van der Waals surface area contributed by atoms with E-state index in [1.807, 2.05) is 0 Å². The first kappa shape index (κ1) is 5.08. The average Bonchev–Trinajstić information content (AvgIpc) is 2.03. The molecule has 0 saturated heterocycles. The molecular weight excluding hydrogens is 192 g/mol. The minimum atomic E-state index is -1.96. The monoisotopic (exact) mass is 200 g/mol. The molecule has 0 unspecified atom stereocenters. The maximum absolute atomic E-state index is 11.2. The van der Waals surface area contributed by atoms with E-state index < -0.39 is 11.1 Å². The first-order valence-corrected chi connectivity index (χ1v) is 3.60. The Morgan fingerprint density at radius 1 is 1.50 bits per heavy atom. The fraction of sp³-hybridized carbons (Fsp3) is 0.125. The van der Waals surface area contributed by atoms with Crippen LogP contribution in [0.3, 0.4) is 0 Å². The number of carbonyl (C=O) groups is 1. The van der Waals surface area contributed by atoms with Crippen molar-refractivity contribution in [2.45, 2.75) is 0 Å². The molecular formula is C8H7BrO. The summed E-state index contributed by atoms with van der Waals surface area (Å²) in [7, 11) is 0. The van der Waals surface area contributed by atoms with E-state index in [0.29, 0.717) is 5.56 Å². The van der Waals surface area contributed by atoms with Crippen molar-refractivity contribution < 1.29 is 7.54 Å². The summed E-state index contributed by atoms with van der Waals surface area (Å²) in [6.45, 7) is 0. The van der Waals surface area contributed by atoms with Gasteiger partial charge in [-0.25, -0.2) is 0 Å². The topological polar surface area (TPSA) is 17.1 Å². The van der Waals surface area contributed by atoms with Crippen LogP contribution >= 0.6 is 15.9 Å². The van der Waals surface area contributed by atoms with Crippen molar-refractivity contribution >= 4 is 21.7 Å². The molecule has 2 heteroatoms. The average molecular weight is 201 g/mol. The van der Waals surface area contributed by atoms with Crippen molar-refractivity contribution in [1.29, 1.82) is 0 Å². The molecule has 0 aliphatic carbocycles. The van der Waals surface area contributed by atoms with Crippen molar-refractivity contribution in [2.75, 3.05) is 5.28 Å². The van der Waals surface area contributed by atoms with E-state index in [2.05, 4.69) is 15.9 Å².